The molecule has 1 N–H and O–H groups in total. The van der Waals surface area contributed by atoms with Crippen LogP contribution in [0.3, 0.4) is 0 Å². The largest absolute Gasteiger partial charge is 0.507 e. The number of hydrogen-bond donors (Lipinski definition) is 1. The molecule has 3 aromatic carbocycles. The molecule has 0 aliphatic carbocycles. The summed E-state index contributed by atoms with van der Waals surface area (Å²) in [5.41, 5.74) is 1.97. The van der Waals surface area contributed by atoms with Crippen molar-refractivity contribution in [2.45, 2.75) is 12.5 Å². The summed E-state index contributed by atoms with van der Waals surface area (Å²) in [6, 6.07) is 17.6. The number of ketones is 1. The van der Waals surface area contributed by atoms with E-state index in [0.29, 0.717) is 38.3 Å². The molecule has 0 saturated carbocycles. The molecule has 0 radical (unpaired) electrons. The Bertz CT molecular complexity index is 1400. The molecule has 190 valence electrons. The molecule has 8 nitrogen and oxygen atoms in total. The number of benzene rings is 3. The van der Waals surface area contributed by atoms with Crippen molar-refractivity contribution in [2.24, 2.45) is 0 Å². The molecule has 1 atom stereocenters. The quantitative estimate of drug-likeness (QED) is 0.190. The average Bonchev–Trinajstić information content (AvgIpc) is 3.18. The lowest BCUT2D eigenvalue weighted by atomic mass is 9.95. The van der Waals surface area contributed by atoms with Gasteiger partial charge in [0, 0.05) is 11.3 Å². The Kier molecular flexibility index (Phi) is 7.63. The zero-order valence-corrected chi connectivity index (χ0v) is 21.9. The van der Waals surface area contributed by atoms with Crippen LogP contribution < -0.4 is 14.4 Å². The van der Waals surface area contributed by atoms with Crippen LogP contribution in [-0.4, -0.2) is 44.1 Å². The van der Waals surface area contributed by atoms with Gasteiger partial charge in [0.1, 0.15) is 17.3 Å². The number of nitrogens with zero attached hydrogens (tertiary/aromatic N) is 1. The first-order valence-corrected chi connectivity index (χ1v) is 12.0. The first kappa shape index (κ1) is 26.0. The van der Waals surface area contributed by atoms with E-state index in [2.05, 4.69) is 15.9 Å². The van der Waals surface area contributed by atoms with E-state index in [-0.39, 0.29) is 17.8 Å². The van der Waals surface area contributed by atoms with Crippen molar-refractivity contribution in [1.82, 2.24) is 0 Å². The number of Topliss-reactive ketones (excluding diaryl/α,β-unsaturated/α-hetero) is 1. The molecule has 1 amide bonds. The van der Waals surface area contributed by atoms with E-state index in [1.807, 2.05) is 0 Å². The topological polar surface area (TPSA) is 102 Å². The number of carbonyl (C=O) groups is 3. The van der Waals surface area contributed by atoms with E-state index < -0.39 is 23.7 Å². The van der Waals surface area contributed by atoms with Gasteiger partial charge in [0.2, 0.25) is 0 Å². The summed E-state index contributed by atoms with van der Waals surface area (Å²) in [4.78, 5) is 39.7. The maximum atomic E-state index is 13.4. The van der Waals surface area contributed by atoms with Crippen LogP contribution in [0.25, 0.3) is 5.76 Å². The van der Waals surface area contributed by atoms with E-state index in [1.54, 1.807) is 66.7 Å². The number of methoxy groups -OCH3 is 3. The number of aliphatic hydroxyl groups excluding tert-OH is 1. The Morgan fingerprint density at radius 1 is 0.973 bits per heavy atom. The van der Waals surface area contributed by atoms with E-state index in [0.717, 1.165) is 0 Å². The smallest absolute Gasteiger partial charge is 0.309 e. The summed E-state index contributed by atoms with van der Waals surface area (Å²) in [6.07, 6.45) is 0.0707. The van der Waals surface area contributed by atoms with Crippen LogP contribution in [0.15, 0.2) is 76.8 Å². The number of hydrogen-bond acceptors (Lipinski definition) is 7. The molecule has 4 rings (SSSR count). The zero-order valence-electron chi connectivity index (χ0n) is 20.4. The first-order valence-electron chi connectivity index (χ1n) is 11.2. The summed E-state index contributed by atoms with van der Waals surface area (Å²) >= 11 is 3.40. The van der Waals surface area contributed by atoms with Crippen molar-refractivity contribution in [3.8, 4) is 11.5 Å². The highest BCUT2D eigenvalue weighted by Gasteiger charge is 2.47. The fourth-order valence-corrected chi connectivity index (χ4v) is 4.75. The van der Waals surface area contributed by atoms with Gasteiger partial charge in [-0.3, -0.25) is 19.3 Å². The molecule has 9 heteroatoms. The maximum Gasteiger partial charge on any atom is 0.309 e. The van der Waals surface area contributed by atoms with Crippen LogP contribution in [0.5, 0.6) is 11.5 Å². The number of rotatable bonds is 7. The van der Waals surface area contributed by atoms with Gasteiger partial charge < -0.3 is 19.3 Å². The van der Waals surface area contributed by atoms with Gasteiger partial charge >= 0.3 is 5.97 Å². The molecule has 1 unspecified atom stereocenters. The summed E-state index contributed by atoms with van der Waals surface area (Å²) in [5.74, 6) is -1.25. The lowest BCUT2D eigenvalue weighted by molar-refractivity contribution is -0.139. The second kappa shape index (κ2) is 10.9. The number of aliphatic hydroxyl groups is 1. The van der Waals surface area contributed by atoms with Gasteiger partial charge in [-0.15, -0.1) is 0 Å². The number of esters is 1. The lowest BCUT2D eigenvalue weighted by Crippen LogP contribution is -2.29. The standard InChI is InChI=1S/C28H24BrNO7/c1-35-20-6-4-5-17(14-20)25-24(26(32)18-9-12-22(36-2)21(29)15-18)27(33)28(34)30(25)19-10-7-16(8-11-19)13-23(31)37-3/h4-12,14-15,25,32H,13H2,1-3H3/b26-24-. The predicted molar refractivity (Wildman–Crippen MR) is 141 cm³/mol. The molecule has 0 spiro atoms. The fraction of sp³-hybridized carbons (Fsp3) is 0.179. The molecule has 37 heavy (non-hydrogen) atoms. The van der Waals surface area contributed by atoms with Crippen molar-refractivity contribution in [2.75, 3.05) is 26.2 Å². The first-order chi connectivity index (χ1) is 17.8. The van der Waals surface area contributed by atoms with Gasteiger partial charge in [-0.2, -0.15) is 0 Å². The molecule has 1 saturated heterocycles. The van der Waals surface area contributed by atoms with Crippen molar-refractivity contribution in [1.29, 1.82) is 0 Å². The number of amides is 1. The second-order valence-corrected chi connectivity index (χ2v) is 9.07. The van der Waals surface area contributed by atoms with Gasteiger partial charge in [0.15, 0.2) is 0 Å². The molecule has 1 aliphatic heterocycles. The van der Waals surface area contributed by atoms with Crippen molar-refractivity contribution < 1.29 is 33.7 Å². The summed E-state index contributed by atoms with van der Waals surface area (Å²) in [6.45, 7) is 0. The highest BCUT2D eigenvalue weighted by molar-refractivity contribution is 9.10. The Morgan fingerprint density at radius 2 is 1.70 bits per heavy atom. The minimum atomic E-state index is -0.928. The third kappa shape index (κ3) is 5.08. The molecular weight excluding hydrogens is 542 g/mol. The van der Waals surface area contributed by atoms with Gasteiger partial charge in [0.05, 0.1) is 43.8 Å². The van der Waals surface area contributed by atoms with Crippen molar-refractivity contribution >= 4 is 45.0 Å². The zero-order chi connectivity index (χ0) is 26.7. The van der Waals surface area contributed by atoms with Crippen LogP contribution in [0.1, 0.15) is 22.7 Å². The Balaban J connectivity index is 1.87. The van der Waals surface area contributed by atoms with Crippen LogP contribution in [-0.2, 0) is 25.5 Å². The molecule has 3 aromatic rings. The third-order valence-corrected chi connectivity index (χ3v) is 6.69. The predicted octanol–water partition coefficient (Wildman–Crippen LogP) is 4.81. The van der Waals surface area contributed by atoms with Crippen molar-refractivity contribution in [3.63, 3.8) is 0 Å². The molecule has 1 heterocycles. The summed E-state index contributed by atoms with van der Waals surface area (Å²) in [7, 11) is 4.35. The van der Waals surface area contributed by atoms with Crippen LogP contribution in [0.2, 0.25) is 0 Å². The Hall–Kier alpha value is -4.11. The van der Waals surface area contributed by atoms with Crippen LogP contribution >= 0.6 is 15.9 Å². The molecule has 0 bridgehead atoms. The number of anilines is 1. The van der Waals surface area contributed by atoms with E-state index in [9.17, 15) is 19.5 Å². The van der Waals surface area contributed by atoms with Gasteiger partial charge in [-0.05, 0) is 69.5 Å². The van der Waals surface area contributed by atoms with Gasteiger partial charge in [0.25, 0.3) is 11.7 Å². The highest BCUT2D eigenvalue weighted by Crippen LogP contribution is 2.43. The molecule has 1 fully saturated rings. The fourth-order valence-electron chi connectivity index (χ4n) is 4.21. The molecule has 1 aliphatic rings. The summed E-state index contributed by atoms with van der Waals surface area (Å²) in [5, 5.41) is 11.3. The van der Waals surface area contributed by atoms with E-state index in [4.69, 9.17) is 14.2 Å². The minimum absolute atomic E-state index is 0.0612. The monoisotopic (exact) mass is 565 g/mol. The number of ether oxygens (including phenoxy) is 3. The van der Waals surface area contributed by atoms with Gasteiger partial charge in [-0.25, -0.2) is 0 Å². The molecular formula is C28H24BrNO7. The summed E-state index contributed by atoms with van der Waals surface area (Å²) < 4.78 is 15.9. The van der Waals surface area contributed by atoms with E-state index >= 15 is 0 Å². The Morgan fingerprint density at radius 3 is 2.32 bits per heavy atom. The minimum Gasteiger partial charge on any atom is -0.507 e. The van der Waals surface area contributed by atoms with Gasteiger partial charge in [-0.1, -0.05) is 24.3 Å². The maximum absolute atomic E-state index is 13.4. The van der Waals surface area contributed by atoms with Crippen LogP contribution in [0, 0.1) is 0 Å². The highest BCUT2D eigenvalue weighted by atomic mass is 79.9. The van der Waals surface area contributed by atoms with E-state index in [1.165, 1.54) is 26.2 Å². The van der Waals surface area contributed by atoms with Crippen molar-refractivity contribution in [3.05, 3.63) is 93.5 Å². The van der Waals surface area contributed by atoms with Crippen LogP contribution in [0.4, 0.5) is 5.69 Å². The Labute approximate surface area is 222 Å². The molecule has 0 aromatic heterocycles. The number of halogens is 1. The normalized spacial score (nSPS) is 16.5. The lowest BCUT2D eigenvalue weighted by Gasteiger charge is -2.26. The second-order valence-electron chi connectivity index (χ2n) is 8.21. The number of carbonyl (C=O) groups excluding carboxylic acids is 3. The SMILES string of the molecule is COC(=O)Cc1ccc(N2C(=O)C(=O)/C(=C(\O)c3ccc(OC)c(Br)c3)C2c2cccc(OC)c2)cc1. The average molecular weight is 566 g/mol. The third-order valence-electron chi connectivity index (χ3n) is 6.07.